The third kappa shape index (κ3) is 7.41. The molecule has 3 rings (SSSR count). The quantitative estimate of drug-likeness (QED) is 0.313. The second-order valence-corrected chi connectivity index (χ2v) is 7.27. The Hall–Kier alpha value is -4.25. The van der Waals surface area contributed by atoms with Gasteiger partial charge >= 0.3 is 0 Å². The van der Waals surface area contributed by atoms with Gasteiger partial charge in [0.1, 0.15) is 24.8 Å². The van der Waals surface area contributed by atoms with Crippen LogP contribution in [0.15, 0.2) is 60.7 Å². The summed E-state index contributed by atoms with van der Waals surface area (Å²) in [4.78, 5) is 12.4. The predicted molar refractivity (Wildman–Crippen MR) is 130 cm³/mol. The van der Waals surface area contributed by atoms with Gasteiger partial charge in [-0.1, -0.05) is 24.3 Å². The minimum atomic E-state index is -0.297. The molecule has 0 saturated heterocycles. The zero-order valence-corrected chi connectivity index (χ0v) is 19.4. The molecule has 0 saturated carbocycles. The smallest absolute Gasteiger partial charge is 0.249 e. The molecule has 8 nitrogen and oxygen atoms in total. The van der Waals surface area contributed by atoms with E-state index in [-0.39, 0.29) is 5.91 Å². The maximum atomic E-state index is 12.4. The Morgan fingerprint density at radius 2 is 1.88 bits per heavy atom. The Balaban J connectivity index is 1.58. The van der Waals surface area contributed by atoms with Gasteiger partial charge in [-0.2, -0.15) is 10.4 Å². The zero-order chi connectivity index (χ0) is 24.2. The molecular formula is C26H28N4O4. The molecule has 1 aromatic heterocycles. The lowest BCUT2D eigenvalue weighted by Crippen LogP contribution is -2.13. The van der Waals surface area contributed by atoms with Gasteiger partial charge in [-0.05, 0) is 49.8 Å². The molecule has 0 radical (unpaired) electrons. The van der Waals surface area contributed by atoms with Crippen molar-refractivity contribution in [2.24, 2.45) is 0 Å². The van der Waals surface area contributed by atoms with Crippen molar-refractivity contribution in [1.29, 1.82) is 5.26 Å². The number of carbonyl (C=O) groups is 1. The number of rotatable bonds is 12. The number of hydrogen-bond donors (Lipinski definition) is 1. The summed E-state index contributed by atoms with van der Waals surface area (Å²) < 4.78 is 18.8. The van der Waals surface area contributed by atoms with Crippen LogP contribution in [0.3, 0.4) is 0 Å². The Kier molecular flexibility index (Phi) is 9.11. The molecule has 0 bridgehead atoms. The van der Waals surface area contributed by atoms with Crippen molar-refractivity contribution in [2.75, 3.05) is 25.1 Å². The highest BCUT2D eigenvalue weighted by Gasteiger charge is 2.09. The van der Waals surface area contributed by atoms with E-state index >= 15 is 0 Å². The number of aryl methyl sites for hydroxylation is 2. The van der Waals surface area contributed by atoms with E-state index in [2.05, 4.69) is 16.5 Å². The average Bonchev–Trinajstić information content (AvgIpc) is 3.19. The lowest BCUT2D eigenvalue weighted by atomic mass is 10.2. The standard InChI is InChI=1S/C26H28N4O4/c1-3-32-24-19-21(10-12-23(24)34-17-16-33-22-8-5-4-6-9-22)11-13-26(31)28-25-18-20(2)29-30(25)15-7-14-27/h4-6,8-13,18-19H,3,7,15-17H2,1-2H3,(H,28,31)/b13-11+. The zero-order valence-electron chi connectivity index (χ0n) is 19.4. The van der Waals surface area contributed by atoms with Gasteiger partial charge in [-0.25, -0.2) is 4.68 Å². The highest BCUT2D eigenvalue weighted by molar-refractivity contribution is 6.01. The van der Waals surface area contributed by atoms with E-state index in [9.17, 15) is 4.79 Å². The third-order valence-corrected chi connectivity index (χ3v) is 4.64. The number of para-hydroxylation sites is 1. The van der Waals surface area contributed by atoms with E-state index in [4.69, 9.17) is 19.5 Å². The van der Waals surface area contributed by atoms with Crippen molar-refractivity contribution in [3.05, 3.63) is 71.9 Å². The van der Waals surface area contributed by atoms with E-state index in [0.29, 0.717) is 50.1 Å². The van der Waals surface area contributed by atoms with E-state index in [1.165, 1.54) is 6.08 Å². The first-order chi connectivity index (χ1) is 16.6. The number of nitrogens with one attached hydrogen (secondary N) is 1. The normalized spacial score (nSPS) is 10.6. The minimum Gasteiger partial charge on any atom is -0.490 e. The second kappa shape index (κ2) is 12.7. The Labute approximate surface area is 199 Å². The highest BCUT2D eigenvalue weighted by Crippen LogP contribution is 2.29. The molecule has 8 heteroatoms. The van der Waals surface area contributed by atoms with Gasteiger partial charge < -0.3 is 19.5 Å². The summed E-state index contributed by atoms with van der Waals surface area (Å²) in [5.41, 5.74) is 1.56. The number of aromatic nitrogens is 2. The fraction of sp³-hybridized carbons (Fsp3) is 0.269. The molecule has 0 unspecified atom stereocenters. The van der Waals surface area contributed by atoms with Gasteiger partial charge in [0.2, 0.25) is 5.91 Å². The maximum Gasteiger partial charge on any atom is 0.249 e. The van der Waals surface area contributed by atoms with Gasteiger partial charge in [0.05, 0.1) is 31.3 Å². The van der Waals surface area contributed by atoms with Gasteiger partial charge in [0.15, 0.2) is 11.5 Å². The Morgan fingerprint density at radius 3 is 2.65 bits per heavy atom. The lowest BCUT2D eigenvalue weighted by Gasteiger charge is -2.13. The molecule has 0 aliphatic rings. The number of ether oxygens (including phenoxy) is 3. The molecule has 1 amide bonds. The lowest BCUT2D eigenvalue weighted by molar-refractivity contribution is -0.111. The number of carbonyl (C=O) groups excluding carboxylic acids is 1. The van der Waals surface area contributed by atoms with Crippen LogP contribution in [0.4, 0.5) is 5.82 Å². The van der Waals surface area contributed by atoms with Crippen molar-refractivity contribution < 1.29 is 19.0 Å². The first-order valence-corrected chi connectivity index (χ1v) is 11.1. The summed E-state index contributed by atoms with van der Waals surface area (Å²) in [5, 5.41) is 15.9. The van der Waals surface area contributed by atoms with Crippen LogP contribution in [-0.2, 0) is 11.3 Å². The average molecular weight is 461 g/mol. The molecule has 0 spiro atoms. The van der Waals surface area contributed by atoms with Crippen LogP contribution >= 0.6 is 0 Å². The summed E-state index contributed by atoms with van der Waals surface area (Å²) in [6.07, 6.45) is 3.45. The first-order valence-electron chi connectivity index (χ1n) is 11.1. The number of anilines is 1. The number of nitrogens with zero attached hydrogens (tertiary/aromatic N) is 3. The fourth-order valence-corrected chi connectivity index (χ4v) is 3.16. The van der Waals surface area contributed by atoms with Gasteiger partial charge in [-0.3, -0.25) is 4.79 Å². The van der Waals surface area contributed by atoms with E-state index < -0.39 is 0 Å². The Bertz CT molecular complexity index is 1150. The molecule has 0 atom stereocenters. The van der Waals surface area contributed by atoms with Crippen LogP contribution in [0.25, 0.3) is 6.08 Å². The van der Waals surface area contributed by atoms with Gasteiger partial charge in [0, 0.05) is 12.1 Å². The topological polar surface area (TPSA) is 98.4 Å². The van der Waals surface area contributed by atoms with Crippen molar-refractivity contribution >= 4 is 17.8 Å². The fourth-order valence-electron chi connectivity index (χ4n) is 3.16. The first kappa shape index (κ1) is 24.4. The molecule has 1 heterocycles. The summed E-state index contributed by atoms with van der Waals surface area (Å²) in [6, 6.07) is 18.9. The van der Waals surface area contributed by atoms with Crippen molar-refractivity contribution in [3.63, 3.8) is 0 Å². The van der Waals surface area contributed by atoms with Crippen molar-refractivity contribution in [1.82, 2.24) is 9.78 Å². The number of hydrogen-bond acceptors (Lipinski definition) is 6. The van der Waals surface area contributed by atoms with Gasteiger partial charge in [0.25, 0.3) is 0 Å². The van der Waals surface area contributed by atoms with E-state index in [1.807, 2.05) is 62.4 Å². The van der Waals surface area contributed by atoms with Crippen LogP contribution in [0.5, 0.6) is 17.2 Å². The summed E-state index contributed by atoms with van der Waals surface area (Å²) in [5.74, 6) is 2.25. The highest BCUT2D eigenvalue weighted by atomic mass is 16.5. The molecule has 2 aromatic carbocycles. The van der Waals surface area contributed by atoms with Gasteiger partial charge in [-0.15, -0.1) is 0 Å². The van der Waals surface area contributed by atoms with Crippen LogP contribution in [-0.4, -0.2) is 35.5 Å². The van der Waals surface area contributed by atoms with E-state index in [1.54, 1.807) is 16.8 Å². The summed E-state index contributed by atoms with van der Waals surface area (Å²) >= 11 is 0. The molecule has 0 aliphatic carbocycles. The van der Waals surface area contributed by atoms with Crippen LogP contribution < -0.4 is 19.5 Å². The molecule has 0 aliphatic heterocycles. The molecule has 0 fully saturated rings. The number of benzene rings is 2. The van der Waals surface area contributed by atoms with Crippen molar-refractivity contribution in [2.45, 2.75) is 26.8 Å². The minimum absolute atomic E-state index is 0.297. The molecule has 176 valence electrons. The predicted octanol–water partition coefficient (Wildman–Crippen LogP) is 4.61. The van der Waals surface area contributed by atoms with Crippen LogP contribution in [0, 0.1) is 18.3 Å². The largest absolute Gasteiger partial charge is 0.490 e. The Morgan fingerprint density at radius 1 is 1.09 bits per heavy atom. The summed E-state index contributed by atoms with van der Waals surface area (Å²) in [6.45, 7) is 5.40. The van der Waals surface area contributed by atoms with Crippen LogP contribution in [0.2, 0.25) is 0 Å². The second-order valence-electron chi connectivity index (χ2n) is 7.27. The monoisotopic (exact) mass is 460 g/mol. The molecular weight excluding hydrogens is 432 g/mol. The van der Waals surface area contributed by atoms with Crippen molar-refractivity contribution in [3.8, 4) is 23.3 Å². The van der Waals surface area contributed by atoms with E-state index in [0.717, 1.165) is 17.0 Å². The molecule has 34 heavy (non-hydrogen) atoms. The summed E-state index contributed by atoms with van der Waals surface area (Å²) in [7, 11) is 0. The molecule has 1 N–H and O–H groups in total. The third-order valence-electron chi connectivity index (χ3n) is 4.64. The number of nitriles is 1. The maximum absolute atomic E-state index is 12.4. The number of amides is 1. The molecule has 3 aromatic rings. The SMILES string of the molecule is CCOc1cc(/C=C/C(=O)Nc2cc(C)nn2CCC#N)ccc1OCCOc1ccccc1. The van der Waals surface area contributed by atoms with Crippen LogP contribution in [0.1, 0.15) is 24.6 Å².